The summed E-state index contributed by atoms with van der Waals surface area (Å²) in [6.45, 7) is 2.56. The highest BCUT2D eigenvalue weighted by Crippen LogP contribution is 2.20. The molecule has 0 N–H and O–H groups in total. The smallest absolute Gasteiger partial charge is 0.307 e. The third kappa shape index (κ3) is 3.36. The van der Waals surface area contributed by atoms with Crippen LogP contribution in [-0.4, -0.2) is 36.5 Å². The molecule has 1 atom stereocenters. The van der Waals surface area contributed by atoms with Crippen molar-refractivity contribution in [3.05, 3.63) is 12.2 Å². The maximum atomic E-state index is 11.8. The van der Waals surface area contributed by atoms with Crippen LogP contribution in [0.5, 0.6) is 0 Å². The molecule has 4 heteroatoms. The Hall–Kier alpha value is -1.32. The number of carbonyl (C=O) groups is 2. The standard InChI is InChI=1S/C12H19NO3/c1-3-6-11(14)13-8-5-4-7-10(13)9-12(15)16-2/h3,6,10H,4-5,7-9H2,1-2H3/b6-3+. The first-order valence-corrected chi connectivity index (χ1v) is 5.69. The summed E-state index contributed by atoms with van der Waals surface area (Å²) in [5.74, 6) is -0.249. The van der Waals surface area contributed by atoms with E-state index in [4.69, 9.17) is 0 Å². The van der Waals surface area contributed by atoms with E-state index >= 15 is 0 Å². The lowest BCUT2D eigenvalue weighted by molar-refractivity contribution is -0.143. The molecule has 0 spiro atoms. The number of ether oxygens (including phenoxy) is 1. The molecule has 0 aromatic carbocycles. The number of esters is 1. The second-order valence-electron chi connectivity index (χ2n) is 3.96. The van der Waals surface area contributed by atoms with Gasteiger partial charge in [-0.25, -0.2) is 0 Å². The summed E-state index contributed by atoms with van der Waals surface area (Å²) in [4.78, 5) is 24.8. The zero-order valence-corrected chi connectivity index (χ0v) is 9.94. The van der Waals surface area contributed by atoms with Gasteiger partial charge < -0.3 is 9.64 Å². The first-order valence-electron chi connectivity index (χ1n) is 5.69. The van der Waals surface area contributed by atoms with E-state index in [2.05, 4.69) is 4.74 Å². The molecule has 1 unspecified atom stereocenters. The van der Waals surface area contributed by atoms with Crippen LogP contribution in [0, 0.1) is 0 Å². The van der Waals surface area contributed by atoms with Crippen LogP contribution in [0.4, 0.5) is 0 Å². The van der Waals surface area contributed by atoms with Crippen LogP contribution in [-0.2, 0) is 14.3 Å². The lowest BCUT2D eigenvalue weighted by atomic mass is 9.99. The average Bonchev–Trinajstić information content (AvgIpc) is 2.30. The number of amides is 1. The van der Waals surface area contributed by atoms with E-state index in [9.17, 15) is 9.59 Å². The van der Waals surface area contributed by atoms with Crippen LogP contribution in [0.3, 0.4) is 0 Å². The summed E-state index contributed by atoms with van der Waals surface area (Å²) in [6, 6.07) is 0.00454. The molecule has 0 radical (unpaired) electrons. The van der Waals surface area contributed by atoms with Gasteiger partial charge in [-0.15, -0.1) is 0 Å². The van der Waals surface area contributed by atoms with E-state index in [-0.39, 0.29) is 17.9 Å². The van der Waals surface area contributed by atoms with Crippen LogP contribution in [0.25, 0.3) is 0 Å². The highest BCUT2D eigenvalue weighted by atomic mass is 16.5. The number of nitrogens with zero attached hydrogens (tertiary/aromatic N) is 1. The van der Waals surface area contributed by atoms with E-state index < -0.39 is 0 Å². The van der Waals surface area contributed by atoms with Crippen molar-refractivity contribution < 1.29 is 14.3 Å². The van der Waals surface area contributed by atoms with Crippen molar-refractivity contribution in [1.29, 1.82) is 0 Å². The molecule has 0 aliphatic carbocycles. The summed E-state index contributed by atoms with van der Waals surface area (Å²) in [5, 5.41) is 0. The first-order chi connectivity index (χ1) is 7.69. The molecular formula is C12H19NO3. The van der Waals surface area contributed by atoms with Crippen molar-refractivity contribution in [2.24, 2.45) is 0 Å². The van der Waals surface area contributed by atoms with E-state index in [0.29, 0.717) is 6.42 Å². The Balaban J connectivity index is 2.63. The van der Waals surface area contributed by atoms with Crippen molar-refractivity contribution >= 4 is 11.9 Å². The Bertz CT molecular complexity index is 286. The third-order valence-corrected chi connectivity index (χ3v) is 2.85. The van der Waals surface area contributed by atoms with Gasteiger partial charge in [0.15, 0.2) is 0 Å². The van der Waals surface area contributed by atoms with E-state index in [1.165, 1.54) is 7.11 Å². The Morgan fingerprint density at radius 1 is 1.44 bits per heavy atom. The summed E-state index contributed by atoms with van der Waals surface area (Å²) in [7, 11) is 1.38. The molecule has 0 bridgehead atoms. The normalized spacial score (nSPS) is 21.1. The number of methoxy groups -OCH3 is 1. The molecule has 1 fully saturated rings. The van der Waals surface area contributed by atoms with Crippen molar-refractivity contribution in [2.75, 3.05) is 13.7 Å². The molecule has 0 aromatic rings. The van der Waals surface area contributed by atoms with Gasteiger partial charge in [-0.2, -0.15) is 0 Å². The summed E-state index contributed by atoms with van der Waals surface area (Å²) in [6.07, 6.45) is 6.56. The van der Waals surface area contributed by atoms with Gasteiger partial charge in [0.05, 0.1) is 13.5 Å². The van der Waals surface area contributed by atoms with Gasteiger partial charge >= 0.3 is 5.97 Å². The number of rotatable bonds is 3. The van der Waals surface area contributed by atoms with Gasteiger partial charge in [-0.05, 0) is 32.3 Å². The van der Waals surface area contributed by atoms with Gasteiger partial charge in [0.25, 0.3) is 0 Å². The van der Waals surface area contributed by atoms with Crippen molar-refractivity contribution in [3.8, 4) is 0 Å². The monoisotopic (exact) mass is 225 g/mol. The number of allylic oxidation sites excluding steroid dienone is 1. The molecule has 1 saturated heterocycles. The Labute approximate surface area is 96.3 Å². The number of carbonyl (C=O) groups excluding carboxylic acids is 2. The first kappa shape index (κ1) is 12.7. The van der Waals surface area contributed by atoms with Gasteiger partial charge in [0.2, 0.25) is 5.91 Å². The quantitative estimate of drug-likeness (QED) is 0.540. The third-order valence-electron chi connectivity index (χ3n) is 2.85. The number of hydrogen-bond donors (Lipinski definition) is 0. The zero-order chi connectivity index (χ0) is 12.0. The van der Waals surface area contributed by atoms with Crippen LogP contribution in [0.1, 0.15) is 32.6 Å². The number of hydrogen-bond acceptors (Lipinski definition) is 3. The predicted octanol–water partition coefficient (Wildman–Crippen LogP) is 1.51. The van der Waals surface area contributed by atoms with Crippen LogP contribution >= 0.6 is 0 Å². The summed E-state index contributed by atoms with van der Waals surface area (Å²) >= 11 is 0. The fraction of sp³-hybridized carbons (Fsp3) is 0.667. The fourth-order valence-corrected chi connectivity index (χ4v) is 2.02. The minimum Gasteiger partial charge on any atom is -0.469 e. The van der Waals surface area contributed by atoms with E-state index in [1.54, 1.807) is 17.1 Å². The molecule has 0 aromatic heterocycles. The van der Waals surface area contributed by atoms with Crippen molar-refractivity contribution in [2.45, 2.75) is 38.6 Å². The van der Waals surface area contributed by atoms with Crippen molar-refractivity contribution in [1.82, 2.24) is 4.90 Å². The van der Waals surface area contributed by atoms with Crippen LogP contribution in [0.2, 0.25) is 0 Å². The summed E-state index contributed by atoms with van der Waals surface area (Å²) < 4.78 is 4.65. The highest BCUT2D eigenvalue weighted by molar-refractivity contribution is 5.88. The summed E-state index contributed by atoms with van der Waals surface area (Å²) in [5.41, 5.74) is 0. The van der Waals surface area contributed by atoms with Crippen molar-refractivity contribution in [3.63, 3.8) is 0 Å². The second kappa shape index (κ2) is 6.30. The minimum atomic E-state index is -0.245. The van der Waals surface area contributed by atoms with Gasteiger partial charge in [0, 0.05) is 12.6 Å². The molecule has 4 nitrogen and oxygen atoms in total. The highest BCUT2D eigenvalue weighted by Gasteiger charge is 2.27. The van der Waals surface area contributed by atoms with Crippen LogP contribution in [0.15, 0.2) is 12.2 Å². The lowest BCUT2D eigenvalue weighted by Gasteiger charge is -2.34. The second-order valence-corrected chi connectivity index (χ2v) is 3.96. The van der Waals surface area contributed by atoms with Gasteiger partial charge in [0.1, 0.15) is 0 Å². The molecule has 90 valence electrons. The van der Waals surface area contributed by atoms with Crippen LogP contribution < -0.4 is 0 Å². The number of piperidine rings is 1. The molecular weight excluding hydrogens is 206 g/mol. The topological polar surface area (TPSA) is 46.6 Å². The zero-order valence-electron chi connectivity index (χ0n) is 9.94. The molecule has 0 saturated carbocycles. The maximum absolute atomic E-state index is 11.8. The molecule has 1 aliphatic rings. The Kier molecular flexibility index (Phi) is 5.02. The molecule has 1 heterocycles. The Morgan fingerprint density at radius 2 is 2.19 bits per heavy atom. The van der Waals surface area contributed by atoms with Gasteiger partial charge in [-0.1, -0.05) is 6.08 Å². The van der Waals surface area contributed by atoms with E-state index in [1.807, 2.05) is 6.92 Å². The molecule has 16 heavy (non-hydrogen) atoms. The molecule has 1 rings (SSSR count). The maximum Gasteiger partial charge on any atom is 0.307 e. The molecule has 1 amide bonds. The molecule has 1 aliphatic heterocycles. The largest absolute Gasteiger partial charge is 0.469 e. The predicted molar refractivity (Wildman–Crippen MR) is 60.8 cm³/mol. The van der Waals surface area contributed by atoms with Gasteiger partial charge in [-0.3, -0.25) is 9.59 Å². The fourth-order valence-electron chi connectivity index (χ4n) is 2.02. The average molecular weight is 225 g/mol. The van der Waals surface area contributed by atoms with E-state index in [0.717, 1.165) is 25.8 Å². The number of likely N-dealkylation sites (tertiary alicyclic amines) is 1. The SMILES string of the molecule is C/C=C/C(=O)N1CCCCC1CC(=O)OC. The minimum absolute atomic E-state index is 0.00361. The Morgan fingerprint density at radius 3 is 2.81 bits per heavy atom. The lowest BCUT2D eigenvalue weighted by Crippen LogP contribution is -2.44.